The Kier molecular flexibility index (Phi) is 2.45. The van der Waals surface area contributed by atoms with Gasteiger partial charge < -0.3 is 14.8 Å². The third kappa shape index (κ3) is 1.93. The van der Waals surface area contributed by atoms with Crippen molar-refractivity contribution in [3.63, 3.8) is 0 Å². The van der Waals surface area contributed by atoms with Gasteiger partial charge in [0.25, 0.3) is 0 Å². The lowest BCUT2D eigenvalue weighted by Gasteiger charge is -2.05. The first-order valence-corrected chi connectivity index (χ1v) is 3.24. The summed E-state index contributed by atoms with van der Waals surface area (Å²) in [6.07, 6.45) is 0.244. The summed E-state index contributed by atoms with van der Waals surface area (Å²) in [5, 5.41) is 3.03. The maximum atomic E-state index is 5.32. The highest BCUT2D eigenvalue weighted by Gasteiger charge is 2.20. The molecule has 0 aromatic carbocycles. The van der Waals surface area contributed by atoms with Crippen molar-refractivity contribution in [2.45, 2.75) is 19.3 Å². The van der Waals surface area contributed by atoms with Crippen LogP contribution in [0.15, 0.2) is 0 Å². The molecule has 1 fully saturated rings. The normalized spacial score (nSPS) is 35.3. The molecule has 1 saturated heterocycles. The van der Waals surface area contributed by atoms with Crippen LogP contribution in [0.5, 0.6) is 0 Å². The molecule has 0 amide bonds. The summed E-state index contributed by atoms with van der Waals surface area (Å²) < 4.78 is 10.5. The molecule has 1 aliphatic heterocycles. The van der Waals surface area contributed by atoms with Crippen molar-refractivity contribution in [1.29, 1.82) is 0 Å². The molecule has 9 heavy (non-hydrogen) atoms. The van der Waals surface area contributed by atoms with E-state index in [9.17, 15) is 0 Å². The monoisotopic (exact) mass is 131 g/mol. The second-order valence-corrected chi connectivity index (χ2v) is 2.22. The largest absolute Gasteiger partial charge is 0.350 e. The van der Waals surface area contributed by atoms with Crippen LogP contribution in [0.1, 0.15) is 6.92 Å². The number of rotatable bonds is 2. The van der Waals surface area contributed by atoms with E-state index in [0.717, 1.165) is 13.2 Å². The van der Waals surface area contributed by atoms with E-state index >= 15 is 0 Å². The molecule has 0 spiro atoms. The Morgan fingerprint density at radius 3 is 2.89 bits per heavy atom. The maximum Gasteiger partial charge on any atom is 0.155 e. The summed E-state index contributed by atoms with van der Waals surface area (Å²) in [5.41, 5.74) is 0. The highest BCUT2D eigenvalue weighted by molar-refractivity contribution is 4.64. The Balaban J connectivity index is 2.14. The van der Waals surface area contributed by atoms with Gasteiger partial charge in [-0.2, -0.15) is 0 Å². The van der Waals surface area contributed by atoms with Crippen LogP contribution in [0.25, 0.3) is 0 Å². The zero-order valence-corrected chi connectivity index (χ0v) is 5.89. The van der Waals surface area contributed by atoms with Crippen molar-refractivity contribution in [2.75, 3.05) is 20.2 Å². The zero-order valence-electron chi connectivity index (χ0n) is 5.89. The zero-order chi connectivity index (χ0) is 6.69. The third-order valence-corrected chi connectivity index (χ3v) is 1.33. The molecule has 3 nitrogen and oxygen atoms in total. The molecule has 0 aromatic rings. The van der Waals surface area contributed by atoms with Crippen LogP contribution >= 0.6 is 0 Å². The van der Waals surface area contributed by atoms with Gasteiger partial charge in [0.2, 0.25) is 0 Å². The predicted octanol–water partition coefficient (Wildman–Crippen LogP) is -0.0328. The molecule has 0 radical (unpaired) electrons. The lowest BCUT2D eigenvalue weighted by atomic mass is 10.4. The third-order valence-electron chi connectivity index (χ3n) is 1.33. The van der Waals surface area contributed by atoms with Gasteiger partial charge >= 0.3 is 0 Å². The van der Waals surface area contributed by atoms with E-state index in [1.807, 2.05) is 14.0 Å². The molecule has 3 heteroatoms. The number of hydrogen-bond donors (Lipinski definition) is 1. The van der Waals surface area contributed by atoms with Gasteiger partial charge in [-0.1, -0.05) is 0 Å². The first kappa shape index (κ1) is 6.99. The Morgan fingerprint density at radius 2 is 2.44 bits per heavy atom. The average molecular weight is 131 g/mol. The molecular formula is C6H13NO2. The topological polar surface area (TPSA) is 30.5 Å². The van der Waals surface area contributed by atoms with Crippen LogP contribution in [0.2, 0.25) is 0 Å². The van der Waals surface area contributed by atoms with Crippen molar-refractivity contribution in [3.05, 3.63) is 0 Å². The average Bonchev–Trinajstić information content (AvgIpc) is 2.17. The van der Waals surface area contributed by atoms with Crippen molar-refractivity contribution >= 4 is 0 Å². The molecule has 0 aliphatic carbocycles. The summed E-state index contributed by atoms with van der Waals surface area (Å²) in [7, 11) is 1.91. The molecule has 2 unspecified atom stereocenters. The maximum absolute atomic E-state index is 5.32. The second-order valence-electron chi connectivity index (χ2n) is 2.22. The molecule has 54 valence electrons. The number of likely N-dealkylation sites (N-methyl/N-ethyl adjacent to an activating group) is 1. The molecule has 1 heterocycles. The summed E-state index contributed by atoms with van der Waals surface area (Å²) in [4.78, 5) is 0. The van der Waals surface area contributed by atoms with Crippen LogP contribution in [0, 0.1) is 0 Å². The van der Waals surface area contributed by atoms with Gasteiger partial charge in [-0.3, -0.25) is 0 Å². The van der Waals surface area contributed by atoms with E-state index in [1.165, 1.54) is 0 Å². The van der Waals surface area contributed by atoms with Gasteiger partial charge in [0.1, 0.15) is 0 Å². The van der Waals surface area contributed by atoms with Crippen LogP contribution < -0.4 is 5.32 Å². The molecule has 2 atom stereocenters. The number of hydrogen-bond acceptors (Lipinski definition) is 3. The van der Waals surface area contributed by atoms with Crippen LogP contribution in [-0.2, 0) is 9.47 Å². The van der Waals surface area contributed by atoms with Crippen molar-refractivity contribution < 1.29 is 9.47 Å². The molecular weight excluding hydrogens is 118 g/mol. The highest BCUT2D eigenvalue weighted by Crippen LogP contribution is 2.08. The highest BCUT2D eigenvalue weighted by atomic mass is 16.7. The van der Waals surface area contributed by atoms with Gasteiger partial charge in [0.15, 0.2) is 6.29 Å². The van der Waals surface area contributed by atoms with Gasteiger partial charge in [0.05, 0.1) is 12.7 Å². The van der Waals surface area contributed by atoms with Crippen molar-refractivity contribution in [2.24, 2.45) is 0 Å². The minimum atomic E-state index is -0.0108. The fourth-order valence-corrected chi connectivity index (χ4v) is 0.927. The van der Waals surface area contributed by atoms with Crippen LogP contribution in [0.4, 0.5) is 0 Å². The van der Waals surface area contributed by atoms with E-state index in [2.05, 4.69) is 5.32 Å². The molecule has 1 aliphatic rings. The Bertz CT molecular complexity index is 85.1. The molecule has 1 N–H and O–H groups in total. The van der Waals surface area contributed by atoms with Gasteiger partial charge in [-0.15, -0.1) is 0 Å². The molecule has 1 rings (SSSR count). The van der Waals surface area contributed by atoms with E-state index in [-0.39, 0.29) is 12.4 Å². The summed E-state index contributed by atoms with van der Waals surface area (Å²) >= 11 is 0. The van der Waals surface area contributed by atoms with Gasteiger partial charge in [-0.05, 0) is 14.0 Å². The summed E-state index contributed by atoms with van der Waals surface area (Å²) in [5.74, 6) is 0. The van der Waals surface area contributed by atoms with E-state index in [0.29, 0.717) is 0 Å². The second kappa shape index (κ2) is 3.15. The first-order chi connectivity index (χ1) is 4.33. The van der Waals surface area contributed by atoms with Crippen LogP contribution in [0.3, 0.4) is 0 Å². The number of ether oxygens (including phenoxy) is 2. The Hall–Kier alpha value is -0.120. The standard InChI is InChI=1S/C6H13NO2/c1-5-8-4-6(9-5)3-7-2/h5-7H,3-4H2,1-2H3. The van der Waals surface area contributed by atoms with Crippen molar-refractivity contribution in [3.8, 4) is 0 Å². The quantitative estimate of drug-likeness (QED) is 0.570. The predicted molar refractivity (Wildman–Crippen MR) is 34.2 cm³/mol. The lowest BCUT2D eigenvalue weighted by Crippen LogP contribution is -2.25. The molecule has 0 saturated carbocycles. The lowest BCUT2D eigenvalue weighted by molar-refractivity contribution is -0.0413. The smallest absolute Gasteiger partial charge is 0.155 e. The van der Waals surface area contributed by atoms with E-state index in [4.69, 9.17) is 9.47 Å². The fraction of sp³-hybridized carbons (Fsp3) is 1.00. The minimum Gasteiger partial charge on any atom is -0.350 e. The van der Waals surface area contributed by atoms with Gasteiger partial charge in [-0.25, -0.2) is 0 Å². The molecule has 0 bridgehead atoms. The van der Waals surface area contributed by atoms with E-state index < -0.39 is 0 Å². The number of nitrogens with one attached hydrogen (secondary N) is 1. The SMILES string of the molecule is CNCC1COC(C)O1. The van der Waals surface area contributed by atoms with E-state index in [1.54, 1.807) is 0 Å². The van der Waals surface area contributed by atoms with Crippen LogP contribution in [-0.4, -0.2) is 32.6 Å². The fourth-order valence-electron chi connectivity index (χ4n) is 0.927. The molecule has 0 aromatic heterocycles. The first-order valence-electron chi connectivity index (χ1n) is 3.24. The summed E-state index contributed by atoms with van der Waals surface area (Å²) in [6.45, 7) is 3.52. The summed E-state index contributed by atoms with van der Waals surface area (Å²) in [6, 6.07) is 0. The van der Waals surface area contributed by atoms with Gasteiger partial charge in [0, 0.05) is 6.54 Å². The Labute approximate surface area is 55.3 Å². The minimum absolute atomic E-state index is 0.0108. The Morgan fingerprint density at radius 1 is 1.67 bits per heavy atom. The van der Waals surface area contributed by atoms with Crippen molar-refractivity contribution in [1.82, 2.24) is 5.32 Å².